The summed E-state index contributed by atoms with van der Waals surface area (Å²) in [6.45, 7) is 6.04. The number of nitrogens with zero attached hydrogens (tertiary/aromatic N) is 3. The number of nitrogens with two attached hydrogens (primary N) is 1. The molecule has 13 heavy (non-hydrogen) atoms. The lowest BCUT2D eigenvalue weighted by atomic mass is 9.85. The van der Waals surface area contributed by atoms with Crippen LogP contribution in [0.1, 0.15) is 31.9 Å². The SMILES string of the molecule is CC1(C)CCc2nnc(CN)n2C1. The fourth-order valence-corrected chi connectivity index (χ4v) is 1.85. The lowest BCUT2D eigenvalue weighted by Crippen LogP contribution is -2.28. The van der Waals surface area contributed by atoms with Gasteiger partial charge in [-0.05, 0) is 11.8 Å². The zero-order chi connectivity index (χ0) is 9.47. The Labute approximate surface area is 78.1 Å². The first kappa shape index (κ1) is 8.69. The number of fused-ring (bicyclic) bond motifs is 1. The number of hydrogen-bond donors (Lipinski definition) is 1. The molecule has 1 aliphatic rings. The van der Waals surface area contributed by atoms with E-state index in [4.69, 9.17) is 5.73 Å². The van der Waals surface area contributed by atoms with E-state index in [-0.39, 0.29) is 0 Å². The van der Waals surface area contributed by atoms with E-state index in [9.17, 15) is 0 Å². The largest absolute Gasteiger partial charge is 0.324 e. The van der Waals surface area contributed by atoms with Crippen LogP contribution in [0, 0.1) is 5.41 Å². The molecule has 1 aromatic rings. The third-order valence-electron chi connectivity index (χ3n) is 2.70. The predicted molar refractivity (Wildman–Crippen MR) is 50.0 cm³/mol. The summed E-state index contributed by atoms with van der Waals surface area (Å²) in [5.41, 5.74) is 5.94. The van der Waals surface area contributed by atoms with E-state index in [1.165, 1.54) is 6.42 Å². The summed E-state index contributed by atoms with van der Waals surface area (Å²) in [6.07, 6.45) is 2.22. The molecule has 0 aromatic carbocycles. The first-order valence-electron chi connectivity index (χ1n) is 4.73. The summed E-state index contributed by atoms with van der Waals surface area (Å²) in [5.74, 6) is 2.02. The van der Waals surface area contributed by atoms with Gasteiger partial charge in [0.05, 0.1) is 6.54 Å². The van der Waals surface area contributed by atoms with Gasteiger partial charge < -0.3 is 10.3 Å². The number of aromatic nitrogens is 3. The zero-order valence-electron chi connectivity index (χ0n) is 8.25. The Bertz CT molecular complexity index is 300. The Morgan fingerprint density at radius 3 is 2.92 bits per heavy atom. The van der Waals surface area contributed by atoms with Crippen molar-refractivity contribution >= 4 is 0 Å². The molecule has 4 nitrogen and oxygen atoms in total. The van der Waals surface area contributed by atoms with Crippen LogP contribution in [0.4, 0.5) is 0 Å². The molecule has 0 atom stereocenters. The Kier molecular flexibility index (Phi) is 1.87. The smallest absolute Gasteiger partial charge is 0.146 e. The topological polar surface area (TPSA) is 56.7 Å². The summed E-state index contributed by atoms with van der Waals surface area (Å²) in [5, 5.41) is 8.20. The normalized spacial score (nSPS) is 19.9. The number of aryl methyl sites for hydroxylation is 1. The van der Waals surface area contributed by atoms with Crippen molar-refractivity contribution in [1.29, 1.82) is 0 Å². The molecule has 1 aliphatic heterocycles. The van der Waals surface area contributed by atoms with Crippen molar-refractivity contribution in [3.05, 3.63) is 11.6 Å². The highest BCUT2D eigenvalue weighted by atomic mass is 15.3. The molecule has 0 aliphatic carbocycles. The van der Waals surface area contributed by atoms with Gasteiger partial charge in [-0.2, -0.15) is 0 Å². The van der Waals surface area contributed by atoms with Crippen molar-refractivity contribution in [2.45, 2.75) is 39.8 Å². The van der Waals surface area contributed by atoms with Gasteiger partial charge in [-0.25, -0.2) is 0 Å². The van der Waals surface area contributed by atoms with Crippen LogP contribution in [-0.4, -0.2) is 14.8 Å². The van der Waals surface area contributed by atoms with Gasteiger partial charge in [0.15, 0.2) is 0 Å². The van der Waals surface area contributed by atoms with Gasteiger partial charge in [0.1, 0.15) is 11.6 Å². The second-order valence-electron chi connectivity index (χ2n) is 4.49. The molecule has 1 aromatic heterocycles. The quantitative estimate of drug-likeness (QED) is 0.692. The van der Waals surface area contributed by atoms with E-state index in [0.29, 0.717) is 12.0 Å². The van der Waals surface area contributed by atoms with E-state index in [1.807, 2.05) is 0 Å². The van der Waals surface area contributed by atoms with Gasteiger partial charge in [0.25, 0.3) is 0 Å². The molecule has 2 heterocycles. The Morgan fingerprint density at radius 1 is 1.46 bits per heavy atom. The van der Waals surface area contributed by atoms with Crippen molar-refractivity contribution in [2.75, 3.05) is 0 Å². The van der Waals surface area contributed by atoms with Gasteiger partial charge in [-0.15, -0.1) is 10.2 Å². The van der Waals surface area contributed by atoms with Gasteiger partial charge >= 0.3 is 0 Å². The standard InChI is InChI=1S/C9H16N4/c1-9(2)4-3-7-11-12-8(5-10)13(7)6-9/h3-6,10H2,1-2H3. The molecule has 2 rings (SSSR count). The molecule has 0 radical (unpaired) electrons. The van der Waals surface area contributed by atoms with E-state index in [1.54, 1.807) is 0 Å². The van der Waals surface area contributed by atoms with Crippen LogP contribution in [0.2, 0.25) is 0 Å². The molecule has 0 spiro atoms. The highest BCUT2D eigenvalue weighted by Crippen LogP contribution is 2.30. The predicted octanol–water partition coefficient (Wildman–Crippen LogP) is 0.709. The van der Waals surface area contributed by atoms with Gasteiger partial charge in [-0.3, -0.25) is 0 Å². The Balaban J connectivity index is 2.36. The van der Waals surface area contributed by atoms with Crippen molar-refractivity contribution in [1.82, 2.24) is 14.8 Å². The van der Waals surface area contributed by atoms with Crippen molar-refractivity contribution in [2.24, 2.45) is 11.1 Å². The van der Waals surface area contributed by atoms with Crippen LogP contribution < -0.4 is 5.73 Å². The molecule has 0 saturated carbocycles. The molecule has 4 heteroatoms. The highest BCUT2D eigenvalue weighted by Gasteiger charge is 2.27. The van der Waals surface area contributed by atoms with Gasteiger partial charge in [0.2, 0.25) is 0 Å². The molecule has 0 bridgehead atoms. The Hall–Kier alpha value is -0.900. The zero-order valence-corrected chi connectivity index (χ0v) is 8.25. The maximum atomic E-state index is 5.58. The average molecular weight is 180 g/mol. The van der Waals surface area contributed by atoms with Crippen molar-refractivity contribution in [3.8, 4) is 0 Å². The first-order valence-corrected chi connectivity index (χ1v) is 4.73. The summed E-state index contributed by atoms with van der Waals surface area (Å²) >= 11 is 0. The van der Waals surface area contributed by atoms with E-state index < -0.39 is 0 Å². The third-order valence-corrected chi connectivity index (χ3v) is 2.70. The molecule has 0 saturated heterocycles. The fourth-order valence-electron chi connectivity index (χ4n) is 1.85. The molecule has 0 amide bonds. The summed E-state index contributed by atoms with van der Waals surface area (Å²) in [4.78, 5) is 0. The second kappa shape index (κ2) is 2.80. The maximum absolute atomic E-state index is 5.58. The van der Waals surface area contributed by atoms with Crippen LogP contribution in [0.3, 0.4) is 0 Å². The average Bonchev–Trinajstić information content (AvgIpc) is 2.44. The lowest BCUT2D eigenvalue weighted by Gasteiger charge is -2.30. The minimum atomic E-state index is 0.360. The number of hydrogen-bond acceptors (Lipinski definition) is 3. The molecular weight excluding hydrogens is 164 g/mol. The van der Waals surface area contributed by atoms with E-state index in [2.05, 4.69) is 28.6 Å². The monoisotopic (exact) mass is 180 g/mol. The molecule has 72 valence electrons. The summed E-state index contributed by atoms with van der Waals surface area (Å²) in [6, 6.07) is 0. The summed E-state index contributed by atoms with van der Waals surface area (Å²) < 4.78 is 2.17. The van der Waals surface area contributed by atoms with Crippen molar-refractivity contribution in [3.63, 3.8) is 0 Å². The highest BCUT2D eigenvalue weighted by molar-refractivity contribution is 5.01. The Morgan fingerprint density at radius 2 is 2.23 bits per heavy atom. The van der Waals surface area contributed by atoms with Crippen LogP contribution in [0.5, 0.6) is 0 Å². The van der Waals surface area contributed by atoms with Gasteiger partial charge in [0, 0.05) is 13.0 Å². The lowest BCUT2D eigenvalue weighted by molar-refractivity contribution is 0.243. The molecule has 0 fully saturated rings. The van der Waals surface area contributed by atoms with E-state index in [0.717, 1.165) is 24.6 Å². The first-order chi connectivity index (χ1) is 6.12. The van der Waals surface area contributed by atoms with Crippen LogP contribution in [-0.2, 0) is 19.5 Å². The van der Waals surface area contributed by atoms with Crippen LogP contribution >= 0.6 is 0 Å². The van der Waals surface area contributed by atoms with Crippen LogP contribution in [0.25, 0.3) is 0 Å². The minimum absolute atomic E-state index is 0.360. The second-order valence-corrected chi connectivity index (χ2v) is 4.49. The van der Waals surface area contributed by atoms with Crippen LogP contribution in [0.15, 0.2) is 0 Å². The van der Waals surface area contributed by atoms with Gasteiger partial charge in [-0.1, -0.05) is 13.8 Å². The van der Waals surface area contributed by atoms with Crippen molar-refractivity contribution < 1.29 is 0 Å². The maximum Gasteiger partial charge on any atom is 0.146 e. The third kappa shape index (κ3) is 1.46. The van der Waals surface area contributed by atoms with E-state index >= 15 is 0 Å². The molecule has 2 N–H and O–H groups in total. The summed E-state index contributed by atoms with van der Waals surface area (Å²) in [7, 11) is 0. The fraction of sp³-hybridized carbons (Fsp3) is 0.778. The molecular formula is C9H16N4. The number of rotatable bonds is 1. The molecule has 0 unspecified atom stereocenters. The minimum Gasteiger partial charge on any atom is -0.324 e.